The molecule has 1 aromatic heterocycles. The summed E-state index contributed by atoms with van der Waals surface area (Å²) in [6.07, 6.45) is 1.29. The van der Waals surface area contributed by atoms with E-state index < -0.39 is 12.0 Å². The number of nitrogens with zero attached hydrogens (tertiary/aromatic N) is 3. The lowest BCUT2D eigenvalue weighted by Gasteiger charge is -2.27. The van der Waals surface area contributed by atoms with E-state index in [1.165, 1.54) is 0 Å². The Morgan fingerprint density at radius 2 is 2.07 bits per heavy atom. The standard InChI is InChI=1S/C19H23IN4O3/c1-19(2,3)18-23-22-14-8-7-12(10-24(14)18)16(25)21-15(17(26)27)11-5-4-6-13(20)9-11/h4-6,9,12,15H,7-8,10H2,1-3H3,(H,21,25)(H,26,27). The first-order valence-electron chi connectivity index (χ1n) is 8.88. The fraction of sp³-hybridized carbons (Fsp3) is 0.474. The topological polar surface area (TPSA) is 97.1 Å². The van der Waals surface area contributed by atoms with Gasteiger partial charge >= 0.3 is 5.97 Å². The highest BCUT2D eigenvalue weighted by Crippen LogP contribution is 2.27. The van der Waals surface area contributed by atoms with E-state index in [-0.39, 0.29) is 17.2 Å². The molecular formula is C19H23IN4O3. The maximum atomic E-state index is 12.8. The maximum Gasteiger partial charge on any atom is 0.330 e. The van der Waals surface area contributed by atoms with E-state index in [0.717, 1.165) is 15.2 Å². The zero-order valence-corrected chi connectivity index (χ0v) is 17.7. The van der Waals surface area contributed by atoms with Gasteiger partial charge in [0, 0.05) is 22.0 Å². The van der Waals surface area contributed by atoms with E-state index in [2.05, 4.69) is 58.9 Å². The van der Waals surface area contributed by atoms with Crippen molar-refractivity contribution in [2.75, 3.05) is 0 Å². The highest BCUT2D eigenvalue weighted by molar-refractivity contribution is 14.1. The van der Waals surface area contributed by atoms with Crippen molar-refractivity contribution in [3.63, 3.8) is 0 Å². The van der Waals surface area contributed by atoms with Crippen LogP contribution in [0, 0.1) is 9.49 Å². The van der Waals surface area contributed by atoms with Gasteiger partial charge < -0.3 is 15.0 Å². The van der Waals surface area contributed by atoms with Gasteiger partial charge in [-0.2, -0.15) is 0 Å². The maximum absolute atomic E-state index is 12.8. The van der Waals surface area contributed by atoms with Crippen LogP contribution in [0.3, 0.4) is 0 Å². The van der Waals surface area contributed by atoms with Gasteiger partial charge in [0.25, 0.3) is 0 Å². The summed E-state index contributed by atoms with van der Waals surface area (Å²) < 4.78 is 2.93. The molecule has 1 aliphatic rings. The lowest BCUT2D eigenvalue weighted by Crippen LogP contribution is -2.41. The van der Waals surface area contributed by atoms with Crippen molar-refractivity contribution < 1.29 is 14.7 Å². The minimum atomic E-state index is -1.07. The molecule has 27 heavy (non-hydrogen) atoms. The number of fused-ring (bicyclic) bond motifs is 1. The van der Waals surface area contributed by atoms with Crippen LogP contribution in [0.5, 0.6) is 0 Å². The van der Waals surface area contributed by atoms with Gasteiger partial charge in [0.15, 0.2) is 6.04 Å². The number of rotatable bonds is 4. The molecular weight excluding hydrogens is 459 g/mol. The van der Waals surface area contributed by atoms with E-state index in [4.69, 9.17) is 0 Å². The Hall–Kier alpha value is -1.97. The molecule has 2 unspecified atom stereocenters. The molecule has 2 atom stereocenters. The van der Waals surface area contributed by atoms with Crippen LogP contribution in [0.4, 0.5) is 0 Å². The smallest absolute Gasteiger partial charge is 0.330 e. The highest BCUT2D eigenvalue weighted by Gasteiger charge is 2.33. The average Bonchev–Trinajstić information content (AvgIpc) is 3.02. The monoisotopic (exact) mass is 482 g/mol. The van der Waals surface area contributed by atoms with Gasteiger partial charge in [-0.15, -0.1) is 10.2 Å². The largest absolute Gasteiger partial charge is 0.479 e. The van der Waals surface area contributed by atoms with E-state index in [0.29, 0.717) is 24.9 Å². The third-order valence-electron chi connectivity index (χ3n) is 4.70. The molecule has 0 spiro atoms. The van der Waals surface area contributed by atoms with Crippen LogP contribution in [0.2, 0.25) is 0 Å². The van der Waals surface area contributed by atoms with Crippen molar-refractivity contribution in [1.29, 1.82) is 0 Å². The number of hydrogen-bond donors (Lipinski definition) is 2. The molecule has 0 aliphatic carbocycles. The zero-order valence-electron chi connectivity index (χ0n) is 15.6. The molecule has 2 heterocycles. The summed E-state index contributed by atoms with van der Waals surface area (Å²) in [6, 6.07) is 6.11. The van der Waals surface area contributed by atoms with E-state index in [1.807, 2.05) is 10.6 Å². The van der Waals surface area contributed by atoms with E-state index in [9.17, 15) is 14.7 Å². The average molecular weight is 482 g/mol. The number of benzene rings is 1. The summed E-state index contributed by atoms with van der Waals surface area (Å²) in [5.74, 6) is 0.111. The van der Waals surface area contributed by atoms with Crippen LogP contribution in [0.25, 0.3) is 0 Å². The molecule has 1 aromatic carbocycles. The van der Waals surface area contributed by atoms with Crippen molar-refractivity contribution in [2.24, 2.45) is 5.92 Å². The van der Waals surface area contributed by atoms with Crippen molar-refractivity contribution in [3.8, 4) is 0 Å². The Bertz CT molecular complexity index is 872. The molecule has 0 fully saturated rings. The molecule has 8 heteroatoms. The predicted molar refractivity (Wildman–Crippen MR) is 108 cm³/mol. The summed E-state index contributed by atoms with van der Waals surface area (Å²) >= 11 is 2.13. The van der Waals surface area contributed by atoms with Crippen molar-refractivity contribution in [1.82, 2.24) is 20.1 Å². The van der Waals surface area contributed by atoms with Gasteiger partial charge in [-0.25, -0.2) is 4.79 Å². The van der Waals surface area contributed by atoms with Gasteiger partial charge in [0.05, 0.1) is 5.92 Å². The summed E-state index contributed by atoms with van der Waals surface area (Å²) in [6.45, 7) is 6.65. The normalized spacial score (nSPS) is 17.9. The number of aryl methyl sites for hydroxylation is 1. The third-order valence-corrected chi connectivity index (χ3v) is 5.37. The van der Waals surface area contributed by atoms with Crippen molar-refractivity contribution in [2.45, 2.75) is 51.6 Å². The molecule has 7 nitrogen and oxygen atoms in total. The van der Waals surface area contributed by atoms with Gasteiger partial charge in [0.2, 0.25) is 5.91 Å². The van der Waals surface area contributed by atoms with Crippen LogP contribution >= 0.6 is 22.6 Å². The molecule has 144 valence electrons. The minimum absolute atomic E-state index is 0.173. The lowest BCUT2D eigenvalue weighted by atomic mass is 9.93. The Labute approximate surface area is 171 Å². The SMILES string of the molecule is CC(C)(C)c1nnc2n1CC(C(=O)NC(C(=O)O)c1cccc(I)c1)CC2. The molecule has 2 N–H and O–H groups in total. The van der Waals surface area contributed by atoms with E-state index >= 15 is 0 Å². The number of halogens is 1. The number of amides is 1. The third kappa shape index (κ3) is 4.31. The molecule has 0 saturated heterocycles. The first-order valence-corrected chi connectivity index (χ1v) is 9.96. The number of nitrogens with one attached hydrogen (secondary N) is 1. The second kappa shape index (κ2) is 7.57. The Balaban J connectivity index is 1.78. The number of carboxylic acid groups (broad SMARTS) is 1. The molecule has 0 saturated carbocycles. The fourth-order valence-corrected chi connectivity index (χ4v) is 3.90. The van der Waals surface area contributed by atoms with Crippen molar-refractivity contribution >= 4 is 34.5 Å². The molecule has 3 rings (SSSR count). The first kappa shape index (κ1) is 19.8. The van der Waals surface area contributed by atoms with Gasteiger partial charge in [0.1, 0.15) is 11.6 Å². The minimum Gasteiger partial charge on any atom is -0.479 e. The van der Waals surface area contributed by atoms with E-state index in [1.54, 1.807) is 18.2 Å². The Morgan fingerprint density at radius 3 is 2.70 bits per heavy atom. The Kier molecular flexibility index (Phi) is 5.55. The molecule has 0 bridgehead atoms. The molecule has 2 aromatic rings. The van der Waals surface area contributed by atoms with Crippen LogP contribution in [0.15, 0.2) is 24.3 Å². The predicted octanol–water partition coefficient (Wildman–Crippen LogP) is 2.68. The van der Waals surface area contributed by atoms with Crippen LogP contribution in [-0.2, 0) is 28.0 Å². The summed E-state index contributed by atoms with van der Waals surface area (Å²) in [4.78, 5) is 24.6. The zero-order chi connectivity index (χ0) is 19.8. The fourth-order valence-electron chi connectivity index (χ4n) is 3.33. The number of hydrogen-bond acceptors (Lipinski definition) is 4. The number of aromatic nitrogens is 3. The van der Waals surface area contributed by atoms with Gasteiger partial charge in [-0.3, -0.25) is 4.79 Å². The molecule has 1 amide bonds. The second-order valence-electron chi connectivity index (χ2n) is 7.87. The highest BCUT2D eigenvalue weighted by atomic mass is 127. The lowest BCUT2D eigenvalue weighted by molar-refractivity contribution is -0.142. The van der Waals surface area contributed by atoms with Crippen LogP contribution < -0.4 is 5.32 Å². The summed E-state index contributed by atoms with van der Waals surface area (Å²) in [5.41, 5.74) is 0.396. The van der Waals surface area contributed by atoms with Crippen LogP contribution in [-0.4, -0.2) is 31.7 Å². The van der Waals surface area contributed by atoms with Crippen LogP contribution in [0.1, 0.15) is 50.4 Å². The van der Waals surface area contributed by atoms with Gasteiger partial charge in [-0.05, 0) is 46.7 Å². The molecule has 1 aliphatic heterocycles. The molecule has 0 radical (unpaired) electrons. The number of carbonyl (C=O) groups is 2. The summed E-state index contributed by atoms with van der Waals surface area (Å²) in [7, 11) is 0. The summed E-state index contributed by atoms with van der Waals surface area (Å²) in [5, 5.41) is 20.9. The van der Waals surface area contributed by atoms with Crippen molar-refractivity contribution in [3.05, 3.63) is 45.0 Å². The second-order valence-corrected chi connectivity index (χ2v) is 9.12. The van der Waals surface area contributed by atoms with Gasteiger partial charge in [-0.1, -0.05) is 32.9 Å². The number of carboxylic acids is 1. The quantitative estimate of drug-likeness (QED) is 0.654. The number of carbonyl (C=O) groups excluding carboxylic acids is 1. The first-order chi connectivity index (χ1) is 12.7. The Morgan fingerprint density at radius 1 is 1.33 bits per heavy atom. The number of aliphatic carboxylic acids is 1.